The highest BCUT2D eigenvalue weighted by Crippen LogP contribution is 2.22. The zero-order chi connectivity index (χ0) is 20.9. The first-order chi connectivity index (χ1) is 13.8. The highest BCUT2D eigenvalue weighted by atomic mass is 16.5. The van der Waals surface area contributed by atoms with Crippen LogP contribution in [0.1, 0.15) is 42.3 Å². The van der Waals surface area contributed by atoms with Crippen LogP contribution in [0.15, 0.2) is 54.6 Å². The Morgan fingerprint density at radius 2 is 1.66 bits per heavy atom. The third-order valence-corrected chi connectivity index (χ3v) is 4.92. The summed E-state index contributed by atoms with van der Waals surface area (Å²) in [5.41, 5.74) is 3.30. The van der Waals surface area contributed by atoms with Gasteiger partial charge in [0, 0.05) is 19.2 Å². The maximum atomic E-state index is 12.8. The van der Waals surface area contributed by atoms with Crippen molar-refractivity contribution in [1.29, 1.82) is 0 Å². The van der Waals surface area contributed by atoms with Gasteiger partial charge in [-0.15, -0.1) is 0 Å². The molecule has 5 nitrogen and oxygen atoms in total. The van der Waals surface area contributed by atoms with Crippen LogP contribution in [0.25, 0.3) is 6.08 Å². The summed E-state index contributed by atoms with van der Waals surface area (Å²) in [5.74, 6) is -0.363. The number of amides is 2. The number of para-hydroxylation sites is 1. The Hall–Kier alpha value is -2.92. The molecular weight excluding hydrogens is 364 g/mol. The second-order valence-electron chi connectivity index (χ2n) is 8.14. The van der Waals surface area contributed by atoms with Gasteiger partial charge in [0.15, 0.2) is 0 Å². The molecule has 1 heterocycles. The maximum Gasteiger partial charge on any atom is 0.256 e. The number of nitrogens with one attached hydrogen (secondary N) is 1. The highest BCUT2D eigenvalue weighted by molar-refractivity contribution is 6.07. The number of hydrogen-bond donors (Lipinski definition) is 1. The first-order valence-electron chi connectivity index (χ1n) is 9.90. The Labute approximate surface area is 172 Å². The zero-order valence-electron chi connectivity index (χ0n) is 17.3. The number of morpholine rings is 1. The summed E-state index contributed by atoms with van der Waals surface area (Å²) >= 11 is 0. The van der Waals surface area contributed by atoms with Gasteiger partial charge in [-0.2, -0.15) is 0 Å². The summed E-state index contributed by atoms with van der Waals surface area (Å²) in [6.45, 7) is 8.70. The molecule has 0 unspecified atom stereocenters. The standard InChI is InChI=1S/C24H28N2O3/c1-24(2,3)19-11-8-18(9-12-19)10-13-22(27)25-21-7-5-4-6-20(21)23(28)26-14-16-29-17-15-26/h4-13H,14-17H2,1-3H3,(H,25,27). The molecule has 1 saturated heterocycles. The number of hydrogen-bond acceptors (Lipinski definition) is 3. The normalized spacial score (nSPS) is 14.8. The van der Waals surface area contributed by atoms with Gasteiger partial charge in [-0.25, -0.2) is 0 Å². The van der Waals surface area contributed by atoms with Gasteiger partial charge in [-0.3, -0.25) is 9.59 Å². The summed E-state index contributed by atoms with van der Waals surface area (Å²) < 4.78 is 5.31. The van der Waals surface area contributed by atoms with Gasteiger partial charge in [0.1, 0.15) is 0 Å². The fourth-order valence-corrected chi connectivity index (χ4v) is 3.16. The number of carbonyl (C=O) groups excluding carboxylic acids is 2. The van der Waals surface area contributed by atoms with Crippen molar-refractivity contribution in [1.82, 2.24) is 4.90 Å². The Bertz CT molecular complexity index is 889. The van der Waals surface area contributed by atoms with Crippen LogP contribution in [0.4, 0.5) is 5.69 Å². The molecule has 0 atom stereocenters. The van der Waals surface area contributed by atoms with E-state index in [-0.39, 0.29) is 17.2 Å². The molecular formula is C24H28N2O3. The maximum absolute atomic E-state index is 12.8. The fourth-order valence-electron chi connectivity index (χ4n) is 3.16. The molecule has 0 aliphatic carbocycles. The Morgan fingerprint density at radius 3 is 2.31 bits per heavy atom. The first kappa shape index (κ1) is 20.8. The van der Waals surface area contributed by atoms with Crippen LogP contribution in [0.3, 0.4) is 0 Å². The lowest BCUT2D eigenvalue weighted by Gasteiger charge is -2.27. The molecule has 3 rings (SSSR count). The third-order valence-electron chi connectivity index (χ3n) is 4.92. The molecule has 152 valence electrons. The van der Waals surface area contributed by atoms with Crippen LogP contribution in [-0.4, -0.2) is 43.0 Å². The van der Waals surface area contributed by atoms with Crippen LogP contribution in [-0.2, 0) is 14.9 Å². The van der Waals surface area contributed by atoms with E-state index in [9.17, 15) is 9.59 Å². The quantitative estimate of drug-likeness (QED) is 0.797. The minimum Gasteiger partial charge on any atom is -0.378 e. The van der Waals surface area contributed by atoms with Crippen molar-refractivity contribution in [2.45, 2.75) is 26.2 Å². The lowest BCUT2D eigenvalue weighted by molar-refractivity contribution is -0.111. The zero-order valence-corrected chi connectivity index (χ0v) is 17.3. The molecule has 1 aliphatic heterocycles. The first-order valence-corrected chi connectivity index (χ1v) is 9.90. The number of rotatable bonds is 4. The second-order valence-corrected chi connectivity index (χ2v) is 8.14. The van der Waals surface area contributed by atoms with E-state index in [0.29, 0.717) is 37.6 Å². The monoisotopic (exact) mass is 392 g/mol. The van der Waals surface area contributed by atoms with Gasteiger partial charge in [-0.1, -0.05) is 57.2 Å². The predicted octanol–water partition coefficient (Wildman–Crippen LogP) is 4.11. The van der Waals surface area contributed by atoms with E-state index >= 15 is 0 Å². The summed E-state index contributed by atoms with van der Waals surface area (Å²) in [5, 5.41) is 2.83. The molecule has 0 aromatic heterocycles. The molecule has 1 N–H and O–H groups in total. The van der Waals surface area contributed by atoms with Crippen molar-refractivity contribution in [3.8, 4) is 0 Å². The van der Waals surface area contributed by atoms with Gasteiger partial charge in [0.05, 0.1) is 24.5 Å². The molecule has 29 heavy (non-hydrogen) atoms. The largest absolute Gasteiger partial charge is 0.378 e. The third kappa shape index (κ3) is 5.55. The predicted molar refractivity (Wildman–Crippen MR) is 116 cm³/mol. The van der Waals surface area contributed by atoms with Crippen LogP contribution >= 0.6 is 0 Å². The molecule has 0 bridgehead atoms. The van der Waals surface area contributed by atoms with Crippen molar-refractivity contribution in [2.75, 3.05) is 31.6 Å². The van der Waals surface area contributed by atoms with Gasteiger partial charge < -0.3 is 15.0 Å². The van der Waals surface area contributed by atoms with Crippen LogP contribution in [0.5, 0.6) is 0 Å². The molecule has 0 saturated carbocycles. The number of benzene rings is 2. The minimum absolute atomic E-state index is 0.0917. The van der Waals surface area contributed by atoms with Crippen molar-refractivity contribution in [2.24, 2.45) is 0 Å². The van der Waals surface area contributed by atoms with Crippen molar-refractivity contribution < 1.29 is 14.3 Å². The van der Waals surface area contributed by atoms with Crippen LogP contribution in [0, 0.1) is 0 Å². The highest BCUT2D eigenvalue weighted by Gasteiger charge is 2.21. The summed E-state index contributed by atoms with van der Waals surface area (Å²) in [6, 6.07) is 15.2. The van der Waals surface area contributed by atoms with E-state index in [1.807, 2.05) is 12.1 Å². The van der Waals surface area contributed by atoms with E-state index in [1.54, 1.807) is 35.2 Å². The molecule has 0 spiro atoms. The van der Waals surface area contributed by atoms with Gasteiger partial charge in [0.25, 0.3) is 5.91 Å². The van der Waals surface area contributed by atoms with E-state index in [1.165, 1.54) is 11.6 Å². The van der Waals surface area contributed by atoms with Gasteiger partial charge in [-0.05, 0) is 34.8 Å². The Balaban J connectivity index is 1.68. The van der Waals surface area contributed by atoms with Crippen molar-refractivity contribution >= 4 is 23.6 Å². The summed E-state index contributed by atoms with van der Waals surface area (Å²) in [6.07, 6.45) is 3.26. The average molecular weight is 392 g/mol. The van der Waals surface area contributed by atoms with Crippen molar-refractivity contribution in [3.05, 3.63) is 71.3 Å². The number of ether oxygens (including phenoxy) is 1. The van der Waals surface area contributed by atoms with E-state index < -0.39 is 0 Å². The fraction of sp³-hybridized carbons (Fsp3) is 0.333. The topological polar surface area (TPSA) is 58.6 Å². The number of anilines is 1. The van der Waals surface area contributed by atoms with E-state index in [2.05, 4.69) is 38.2 Å². The second kappa shape index (κ2) is 9.05. The Morgan fingerprint density at radius 1 is 1.00 bits per heavy atom. The van der Waals surface area contributed by atoms with Crippen molar-refractivity contribution in [3.63, 3.8) is 0 Å². The molecule has 5 heteroatoms. The summed E-state index contributed by atoms with van der Waals surface area (Å²) in [4.78, 5) is 27.0. The van der Waals surface area contributed by atoms with E-state index in [4.69, 9.17) is 4.74 Å². The van der Waals surface area contributed by atoms with Gasteiger partial charge >= 0.3 is 0 Å². The molecule has 1 aliphatic rings. The summed E-state index contributed by atoms with van der Waals surface area (Å²) in [7, 11) is 0. The molecule has 0 radical (unpaired) electrons. The number of carbonyl (C=O) groups is 2. The van der Waals surface area contributed by atoms with Crippen LogP contribution in [0.2, 0.25) is 0 Å². The molecule has 1 fully saturated rings. The lowest BCUT2D eigenvalue weighted by atomic mass is 9.87. The minimum atomic E-state index is -0.271. The molecule has 2 amide bonds. The van der Waals surface area contributed by atoms with Crippen LogP contribution < -0.4 is 5.32 Å². The molecule has 2 aromatic rings. The number of nitrogens with zero attached hydrogens (tertiary/aromatic N) is 1. The SMILES string of the molecule is CC(C)(C)c1ccc(C=CC(=O)Nc2ccccc2C(=O)N2CCOCC2)cc1. The van der Waals surface area contributed by atoms with E-state index in [0.717, 1.165) is 5.56 Å². The average Bonchev–Trinajstić information content (AvgIpc) is 2.72. The molecule has 2 aromatic carbocycles. The Kier molecular flexibility index (Phi) is 6.49. The smallest absolute Gasteiger partial charge is 0.256 e. The lowest BCUT2D eigenvalue weighted by Crippen LogP contribution is -2.41. The van der Waals surface area contributed by atoms with Gasteiger partial charge in [0.2, 0.25) is 5.91 Å².